The van der Waals surface area contributed by atoms with Crippen molar-refractivity contribution in [1.29, 1.82) is 0 Å². The fourth-order valence-corrected chi connectivity index (χ4v) is 1.96. The van der Waals surface area contributed by atoms with E-state index in [1.165, 1.54) is 11.1 Å². The summed E-state index contributed by atoms with van der Waals surface area (Å²) in [6, 6.07) is 10.4. The van der Waals surface area contributed by atoms with E-state index in [0.29, 0.717) is 17.1 Å². The lowest BCUT2D eigenvalue weighted by molar-refractivity contribution is 0.0918. The van der Waals surface area contributed by atoms with Gasteiger partial charge in [0.25, 0.3) is 0 Å². The van der Waals surface area contributed by atoms with Gasteiger partial charge < -0.3 is 4.42 Å². The Morgan fingerprint density at radius 3 is 2.67 bits per heavy atom. The number of aromatic nitrogens is 4. The lowest BCUT2D eigenvalue weighted by Gasteiger charge is -2.08. The molecule has 2 aromatic heterocycles. The van der Waals surface area contributed by atoms with Crippen LogP contribution in [0.5, 0.6) is 0 Å². The van der Waals surface area contributed by atoms with Gasteiger partial charge in [0.05, 0.1) is 6.26 Å². The summed E-state index contributed by atoms with van der Waals surface area (Å²) in [5.41, 5.74) is 1.74. The number of nitrogens with zero attached hydrogens (tertiary/aromatic N) is 4. The van der Waals surface area contributed by atoms with E-state index < -0.39 is 6.04 Å². The first-order chi connectivity index (χ1) is 10.1. The van der Waals surface area contributed by atoms with Crippen LogP contribution in [0.15, 0.2) is 47.1 Å². The van der Waals surface area contributed by atoms with Crippen molar-refractivity contribution in [3.8, 4) is 11.6 Å². The molecule has 0 spiro atoms. The van der Waals surface area contributed by atoms with Crippen molar-refractivity contribution >= 4 is 5.78 Å². The minimum absolute atomic E-state index is 0.0570. The van der Waals surface area contributed by atoms with Crippen LogP contribution in [0.25, 0.3) is 11.6 Å². The highest BCUT2D eigenvalue weighted by Gasteiger charge is 2.20. The predicted molar refractivity (Wildman–Crippen MR) is 75.7 cm³/mol. The second kappa shape index (κ2) is 5.32. The van der Waals surface area contributed by atoms with Crippen molar-refractivity contribution < 1.29 is 9.21 Å². The molecule has 0 aliphatic carbocycles. The van der Waals surface area contributed by atoms with Crippen LogP contribution in [0.4, 0.5) is 0 Å². The summed E-state index contributed by atoms with van der Waals surface area (Å²) in [5, 5.41) is 12.0. The maximum absolute atomic E-state index is 12.4. The lowest BCUT2D eigenvalue weighted by Crippen LogP contribution is -2.19. The van der Waals surface area contributed by atoms with Crippen molar-refractivity contribution in [2.24, 2.45) is 0 Å². The first kappa shape index (κ1) is 13.2. The summed E-state index contributed by atoms with van der Waals surface area (Å²) in [6.07, 6.45) is 1.54. The highest BCUT2D eigenvalue weighted by Crippen LogP contribution is 2.17. The molecule has 1 aromatic carbocycles. The molecule has 106 valence electrons. The monoisotopic (exact) mass is 282 g/mol. The third kappa shape index (κ3) is 2.60. The summed E-state index contributed by atoms with van der Waals surface area (Å²) >= 11 is 0. The van der Waals surface area contributed by atoms with Crippen LogP contribution >= 0.6 is 0 Å². The molecule has 0 aliphatic rings. The number of rotatable bonds is 4. The molecule has 3 aromatic rings. The molecule has 2 heterocycles. The number of carbonyl (C=O) groups excluding carboxylic acids is 1. The Morgan fingerprint density at radius 2 is 2.00 bits per heavy atom. The van der Waals surface area contributed by atoms with Gasteiger partial charge in [-0.25, -0.2) is 0 Å². The van der Waals surface area contributed by atoms with Gasteiger partial charge in [-0.2, -0.15) is 4.80 Å². The average molecular weight is 282 g/mol. The third-order valence-electron chi connectivity index (χ3n) is 3.23. The van der Waals surface area contributed by atoms with E-state index in [-0.39, 0.29) is 5.78 Å². The number of furan rings is 1. The Kier molecular flexibility index (Phi) is 3.35. The van der Waals surface area contributed by atoms with E-state index in [9.17, 15) is 4.79 Å². The van der Waals surface area contributed by atoms with Gasteiger partial charge in [0, 0.05) is 5.56 Å². The molecule has 0 aliphatic heterocycles. The van der Waals surface area contributed by atoms with Crippen LogP contribution in [-0.4, -0.2) is 26.0 Å². The van der Waals surface area contributed by atoms with E-state index in [0.717, 1.165) is 5.56 Å². The van der Waals surface area contributed by atoms with Crippen molar-refractivity contribution in [3.63, 3.8) is 0 Å². The fraction of sp³-hybridized carbons (Fsp3) is 0.200. The maximum Gasteiger partial charge on any atom is 0.240 e. The number of Topliss-reactive ketones (excluding diaryl/α,β-unsaturated/α-hetero) is 1. The number of tetrazole rings is 1. The zero-order valence-electron chi connectivity index (χ0n) is 11.7. The van der Waals surface area contributed by atoms with Crippen LogP contribution in [-0.2, 0) is 0 Å². The molecular weight excluding hydrogens is 268 g/mol. The second-order valence-corrected chi connectivity index (χ2v) is 4.82. The number of benzene rings is 1. The molecule has 0 bridgehead atoms. The summed E-state index contributed by atoms with van der Waals surface area (Å²) < 4.78 is 5.21. The van der Waals surface area contributed by atoms with Crippen LogP contribution in [0.2, 0.25) is 0 Å². The number of hydrogen-bond acceptors (Lipinski definition) is 5. The zero-order chi connectivity index (χ0) is 14.8. The molecular formula is C15H14N4O2. The Morgan fingerprint density at radius 1 is 1.24 bits per heavy atom. The van der Waals surface area contributed by atoms with Crippen molar-refractivity contribution in [3.05, 3.63) is 53.8 Å². The summed E-state index contributed by atoms with van der Waals surface area (Å²) in [4.78, 5) is 13.7. The van der Waals surface area contributed by atoms with Crippen LogP contribution in [0, 0.1) is 6.92 Å². The SMILES string of the molecule is Cc1ccc(C(=O)C(C)n2nnc(-c3ccco3)n2)cc1. The van der Waals surface area contributed by atoms with E-state index in [1.54, 1.807) is 31.2 Å². The largest absolute Gasteiger partial charge is 0.461 e. The van der Waals surface area contributed by atoms with Gasteiger partial charge in [-0.15, -0.1) is 10.2 Å². The van der Waals surface area contributed by atoms with Gasteiger partial charge in [-0.1, -0.05) is 29.8 Å². The molecule has 21 heavy (non-hydrogen) atoms. The minimum Gasteiger partial charge on any atom is -0.461 e. The quantitative estimate of drug-likeness (QED) is 0.688. The normalized spacial score (nSPS) is 12.3. The first-order valence-corrected chi connectivity index (χ1v) is 6.59. The molecule has 0 saturated carbocycles. The van der Waals surface area contributed by atoms with Crippen molar-refractivity contribution in [1.82, 2.24) is 20.2 Å². The van der Waals surface area contributed by atoms with Gasteiger partial charge in [0.2, 0.25) is 5.82 Å². The maximum atomic E-state index is 12.4. The van der Waals surface area contributed by atoms with E-state index in [2.05, 4.69) is 15.4 Å². The first-order valence-electron chi connectivity index (χ1n) is 6.59. The summed E-state index contributed by atoms with van der Waals surface area (Å²) in [5.74, 6) is 0.832. The predicted octanol–water partition coefficient (Wildman–Crippen LogP) is 2.69. The Labute approximate surface area is 121 Å². The molecule has 0 saturated heterocycles. The van der Waals surface area contributed by atoms with Gasteiger partial charge in [0.1, 0.15) is 6.04 Å². The number of aryl methyl sites for hydroxylation is 1. The van der Waals surface area contributed by atoms with Gasteiger partial charge in [-0.3, -0.25) is 4.79 Å². The molecule has 0 amide bonds. The standard InChI is InChI=1S/C15H14N4O2/c1-10-5-7-12(8-6-10)14(20)11(2)19-17-15(16-18-19)13-4-3-9-21-13/h3-9,11H,1-2H3. The number of carbonyl (C=O) groups is 1. The minimum atomic E-state index is -0.524. The Balaban J connectivity index is 1.83. The third-order valence-corrected chi connectivity index (χ3v) is 3.23. The second-order valence-electron chi connectivity index (χ2n) is 4.82. The molecule has 3 rings (SSSR count). The van der Waals surface area contributed by atoms with Crippen molar-refractivity contribution in [2.75, 3.05) is 0 Å². The molecule has 0 radical (unpaired) electrons. The van der Waals surface area contributed by atoms with Crippen LogP contribution < -0.4 is 0 Å². The van der Waals surface area contributed by atoms with Crippen LogP contribution in [0.1, 0.15) is 28.9 Å². The van der Waals surface area contributed by atoms with Crippen molar-refractivity contribution in [2.45, 2.75) is 19.9 Å². The van der Waals surface area contributed by atoms with E-state index in [4.69, 9.17) is 4.42 Å². The molecule has 0 N–H and O–H groups in total. The van der Waals surface area contributed by atoms with Gasteiger partial charge in [0.15, 0.2) is 11.5 Å². The molecule has 6 heteroatoms. The molecule has 0 fully saturated rings. The Hall–Kier alpha value is -2.76. The Bertz CT molecular complexity index is 744. The molecule has 1 atom stereocenters. The summed E-state index contributed by atoms with van der Waals surface area (Å²) in [7, 11) is 0. The molecule has 1 unspecified atom stereocenters. The van der Waals surface area contributed by atoms with E-state index >= 15 is 0 Å². The molecule has 6 nitrogen and oxygen atoms in total. The van der Waals surface area contributed by atoms with Crippen LogP contribution in [0.3, 0.4) is 0 Å². The highest BCUT2D eigenvalue weighted by molar-refractivity contribution is 5.98. The van der Waals surface area contributed by atoms with E-state index in [1.807, 2.05) is 19.1 Å². The smallest absolute Gasteiger partial charge is 0.240 e. The highest BCUT2D eigenvalue weighted by atomic mass is 16.3. The summed E-state index contributed by atoms with van der Waals surface area (Å²) in [6.45, 7) is 3.72. The fourth-order valence-electron chi connectivity index (χ4n) is 1.96. The van der Waals surface area contributed by atoms with Gasteiger partial charge >= 0.3 is 0 Å². The lowest BCUT2D eigenvalue weighted by atomic mass is 10.0. The average Bonchev–Trinajstić information content (AvgIpc) is 3.17. The number of hydrogen-bond donors (Lipinski definition) is 0. The number of ketones is 1. The topological polar surface area (TPSA) is 73.8 Å². The van der Waals surface area contributed by atoms with Gasteiger partial charge in [-0.05, 0) is 31.2 Å². The zero-order valence-corrected chi connectivity index (χ0v) is 11.7.